The summed E-state index contributed by atoms with van der Waals surface area (Å²) < 4.78 is 20.6. The van der Waals surface area contributed by atoms with Crippen molar-refractivity contribution in [2.24, 2.45) is 5.73 Å². The van der Waals surface area contributed by atoms with Gasteiger partial charge in [-0.2, -0.15) is 12.6 Å². The van der Waals surface area contributed by atoms with Gasteiger partial charge in [0.25, 0.3) is 0 Å². The van der Waals surface area contributed by atoms with Gasteiger partial charge in [-0.1, -0.05) is 5.92 Å². The molecule has 0 aliphatic carbocycles. The van der Waals surface area contributed by atoms with E-state index in [9.17, 15) is 4.79 Å². The Morgan fingerprint density at radius 3 is 2.00 bits per heavy atom. The predicted octanol–water partition coefficient (Wildman–Crippen LogP) is 0.472. The minimum absolute atomic E-state index is 0.317. The van der Waals surface area contributed by atoms with Gasteiger partial charge in [-0.15, -0.1) is 6.42 Å². The van der Waals surface area contributed by atoms with E-state index in [0.29, 0.717) is 59.3 Å². The molecule has 0 aliphatic rings. The Morgan fingerprint density at radius 2 is 1.54 bits per heavy atom. The van der Waals surface area contributed by atoms with Gasteiger partial charge in [0.05, 0.1) is 46.2 Å². The fourth-order valence-electron chi connectivity index (χ4n) is 1.57. The Balaban J connectivity index is 0. The summed E-state index contributed by atoms with van der Waals surface area (Å²) in [6.07, 6.45) is 7.35. The third kappa shape index (κ3) is 28.2. The molecule has 0 bridgehead atoms. The van der Waals surface area contributed by atoms with Crippen LogP contribution in [0.1, 0.15) is 12.8 Å². The molecule has 0 unspecified atom stereocenters. The molecular weight excluding hydrogens is 356 g/mol. The summed E-state index contributed by atoms with van der Waals surface area (Å²) in [6, 6.07) is 0. The highest BCUT2D eigenvalue weighted by atomic mass is 32.1. The van der Waals surface area contributed by atoms with Crippen LogP contribution in [-0.2, 0) is 23.7 Å². The molecule has 8 heteroatoms. The monoisotopic (exact) mass is 392 g/mol. The van der Waals surface area contributed by atoms with Gasteiger partial charge >= 0.3 is 0 Å². The van der Waals surface area contributed by atoms with Crippen LogP contribution in [-0.4, -0.2) is 96.5 Å². The number of nitrogens with zero attached hydrogens (tertiary/aromatic N) is 1. The standard InChI is InChI=1S/C12H20O5.C6H16N2S/c1-2-5-14-7-9-16-11-12-17-10-8-15-6-3-4-13;1-8(5-6-9)4-2-3-7/h1,4H,3,5-12H2;9H,2-7H2,1H3. The normalized spacial score (nSPS) is 10.3. The zero-order valence-corrected chi connectivity index (χ0v) is 17.0. The van der Waals surface area contributed by atoms with E-state index in [1.807, 2.05) is 0 Å². The van der Waals surface area contributed by atoms with E-state index in [0.717, 1.165) is 38.1 Å². The number of terminal acetylenes is 1. The number of hydrogen-bond acceptors (Lipinski definition) is 8. The number of carbonyl (C=O) groups is 1. The lowest BCUT2D eigenvalue weighted by atomic mass is 10.4. The first-order chi connectivity index (χ1) is 12.7. The van der Waals surface area contributed by atoms with Crippen molar-refractivity contribution >= 4 is 18.9 Å². The van der Waals surface area contributed by atoms with Crippen molar-refractivity contribution in [3.63, 3.8) is 0 Å². The molecule has 0 aromatic rings. The molecule has 0 fully saturated rings. The number of thiol groups is 1. The lowest BCUT2D eigenvalue weighted by Crippen LogP contribution is -2.23. The van der Waals surface area contributed by atoms with Crippen LogP contribution in [0.25, 0.3) is 0 Å². The molecule has 0 amide bonds. The van der Waals surface area contributed by atoms with Crippen LogP contribution in [0.5, 0.6) is 0 Å². The van der Waals surface area contributed by atoms with Crippen molar-refractivity contribution in [3.8, 4) is 12.3 Å². The summed E-state index contributed by atoms with van der Waals surface area (Å²) in [5.41, 5.74) is 5.33. The number of rotatable bonds is 18. The lowest BCUT2D eigenvalue weighted by molar-refractivity contribution is -0.108. The van der Waals surface area contributed by atoms with Crippen molar-refractivity contribution in [2.75, 3.05) is 85.3 Å². The molecule has 0 radical (unpaired) electrons. The fourth-order valence-corrected chi connectivity index (χ4v) is 1.91. The second-order valence-electron chi connectivity index (χ2n) is 5.22. The van der Waals surface area contributed by atoms with Crippen LogP contribution >= 0.6 is 12.6 Å². The molecule has 0 aliphatic heterocycles. The fraction of sp³-hybridized carbons (Fsp3) is 0.833. The van der Waals surface area contributed by atoms with E-state index in [2.05, 4.69) is 30.5 Å². The highest BCUT2D eigenvalue weighted by Crippen LogP contribution is 1.86. The van der Waals surface area contributed by atoms with Crippen LogP contribution < -0.4 is 5.73 Å². The quantitative estimate of drug-likeness (QED) is 0.152. The van der Waals surface area contributed by atoms with E-state index in [1.165, 1.54) is 0 Å². The average molecular weight is 393 g/mol. The second kappa shape index (κ2) is 26.6. The number of carbonyl (C=O) groups excluding carboxylic acids is 1. The summed E-state index contributed by atoms with van der Waals surface area (Å²) in [4.78, 5) is 12.2. The first-order valence-corrected chi connectivity index (χ1v) is 9.53. The first kappa shape index (κ1) is 27.6. The van der Waals surface area contributed by atoms with Crippen LogP contribution in [0.3, 0.4) is 0 Å². The summed E-state index contributed by atoms with van der Waals surface area (Å²) in [7, 11) is 2.09. The van der Waals surface area contributed by atoms with Gasteiger partial charge in [0.1, 0.15) is 12.9 Å². The van der Waals surface area contributed by atoms with E-state index in [1.54, 1.807) is 0 Å². The molecule has 0 rings (SSSR count). The maximum Gasteiger partial charge on any atom is 0.122 e. The lowest BCUT2D eigenvalue weighted by Gasteiger charge is -2.13. The molecule has 0 spiro atoms. The van der Waals surface area contributed by atoms with Crippen molar-refractivity contribution in [3.05, 3.63) is 0 Å². The number of ether oxygens (including phenoxy) is 4. The summed E-state index contributed by atoms with van der Waals surface area (Å²) >= 11 is 4.11. The molecule has 0 atom stereocenters. The van der Waals surface area contributed by atoms with Crippen LogP contribution in [0.15, 0.2) is 0 Å². The largest absolute Gasteiger partial charge is 0.379 e. The van der Waals surface area contributed by atoms with E-state index in [-0.39, 0.29) is 0 Å². The van der Waals surface area contributed by atoms with Crippen molar-refractivity contribution in [2.45, 2.75) is 12.8 Å². The van der Waals surface area contributed by atoms with Crippen molar-refractivity contribution < 1.29 is 23.7 Å². The summed E-state index contributed by atoms with van der Waals surface area (Å²) in [5.74, 6) is 3.30. The number of aldehydes is 1. The zero-order valence-electron chi connectivity index (χ0n) is 16.1. The third-order valence-corrected chi connectivity index (χ3v) is 3.11. The number of hydrogen-bond donors (Lipinski definition) is 2. The van der Waals surface area contributed by atoms with E-state index >= 15 is 0 Å². The van der Waals surface area contributed by atoms with Gasteiger partial charge in [-0.25, -0.2) is 0 Å². The van der Waals surface area contributed by atoms with Crippen molar-refractivity contribution in [1.82, 2.24) is 4.90 Å². The Morgan fingerprint density at radius 1 is 1.00 bits per heavy atom. The Bertz CT molecular complexity index is 316. The zero-order chi connectivity index (χ0) is 19.7. The SMILES string of the molecule is C#CCOCCOCCOCCOCCC=O.CN(CCS)CCCN. The molecule has 0 saturated carbocycles. The topological polar surface area (TPSA) is 83.2 Å². The van der Waals surface area contributed by atoms with Gasteiger partial charge in [0.2, 0.25) is 0 Å². The molecule has 0 saturated heterocycles. The van der Waals surface area contributed by atoms with Gasteiger partial charge in [-0.05, 0) is 26.6 Å². The molecule has 154 valence electrons. The Kier molecular flexibility index (Phi) is 28.2. The molecule has 0 heterocycles. The molecule has 2 N–H and O–H groups in total. The smallest absolute Gasteiger partial charge is 0.122 e. The molecular formula is C18H36N2O5S. The third-order valence-electron chi connectivity index (χ3n) is 2.91. The minimum Gasteiger partial charge on any atom is -0.379 e. The van der Waals surface area contributed by atoms with Gasteiger partial charge in [-0.3, -0.25) is 0 Å². The summed E-state index contributed by atoms with van der Waals surface area (Å²) in [5, 5.41) is 0. The minimum atomic E-state index is 0.317. The number of nitrogens with two attached hydrogens (primary N) is 1. The van der Waals surface area contributed by atoms with Gasteiger partial charge < -0.3 is 34.4 Å². The highest BCUT2D eigenvalue weighted by molar-refractivity contribution is 7.80. The van der Waals surface area contributed by atoms with Crippen LogP contribution in [0, 0.1) is 12.3 Å². The maximum absolute atomic E-state index is 9.96. The van der Waals surface area contributed by atoms with E-state index in [4.69, 9.17) is 31.1 Å². The molecule has 0 aromatic carbocycles. The van der Waals surface area contributed by atoms with Gasteiger partial charge in [0, 0.05) is 18.7 Å². The molecule has 26 heavy (non-hydrogen) atoms. The summed E-state index contributed by atoms with van der Waals surface area (Å²) in [6.45, 7) is 6.78. The maximum atomic E-state index is 9.96. The predicted molar refractivity (Wildman–Crippen MR) is 108 cm³/mol. The first-order valence-electron chi connectivity index (χ1n) is 8.90. The van der Waals surface area contributed by atoms with Crippen LogP contribution in [0.4, 0.5) is 0 Å². The molecule has 7 nitrogen and oxygen atoms in total. The highest BCUT2D eigenvalue weighted by Gasteiger charge is 1.93. The Hall–Kier alpha value is -0.660. The van der Waals surface area contributed by atoms with Crippen molar-refractivity contribution in [1.29, 1.82) is 0 Å². The second-order valence-corrected chi connectivity index (χ2v) is 5.67. The average Bonchev–Trinajstić information content (AvgIpc) is 2.64. The van der Waals surface area contributed by atoms with E-state index < -0.39 is 0 Å². The van der Waals surface area contributed by atoms with Crippen LogP contribution in [0.2, 0.25) is 0 Å². The molecule has 0 aromatic heterocycles. The van der Waals surface area contributed by atoms with Gasteiger partial charge in [0.15, 0.2) is 0 Å². The Labute approximate surface area is 164 Å².